The molecule has 0 unspecified atom stereocenters. The molecule has 0 aliphatic heterocycles. The number of nitro benzene ring substituents is 1. The van der Waals surface area contributed by atoms with Gasteiger partial charge in [-0.3, -0.25) is 14.9 Å². The van der Waals surface area contributed by atoms with E-state index >= 15 is 0 Å². The number of carbonyl (C=O) groups excluding carboxylic acids is 1. The molecule has 9 heteroatoms. The Morgan fingerprint density at radius 3 is 2.57 bits per heavy atom. The third-order valence-electron chi connectivity index (χ3n) is 2.64. The fourth-order valence-corrected chi connectivity index (χ4v) is 2.02. The molecule has 0 heterocycles. The molecule has 0 fully saturated rings. The van der Waals surface area contributed by atoms with E-state index in [2.05, 4.69) is 10.6 Å². The second kappa shape index (κ2) is 7.56. The topological polar surface area (TPSA) is 87.5 Å². The van der Waals surface area contributed by atoms with E-state index in [-0.39, 0.29) is 28.8 Å². The standard InChI is InChI=1S/C14H19ClN4O3S/c1-14(2,3)17-12(20)8-18(4)13(23)16-11-7-9(19(21)22)5-6-10(11)15/h5-7H,8H2,1-4H3,(H,16,23)(H,17,20). The van der Waals surface area contributed by atoms with Crippen molar-refractivity contribution in [3.63, 3.8) is 0 Å². The molecule has 23 heavy (non-hydrogen) atoms. The van der Waals surface area contributed by atoms with E-state index in [0.29, 0.717) is 10.7 Å². The molecule has 0 bridgehead atoms. The number of anilines is 1. The van der Waals surface area contributed by atoms with Gasteiger partial charge in [-0.25, -0.2) is 0 Å². The van der Waals surface area contributed by atoms with Gasteiger partial charge in [-0.05, 0) is 39.1 Å². The molecule has 7 nitrogen and oxygen atoms in total. The maximum absolute atomic E-state index is 11.9. The quantitative estimate of drug-likeness (QED) is 0.489. The van der Waals surface area contributed by atoms with Crippen molar-refractivity contribution in [2.75, 3.05) is 18.9 Å². The van der Waals surface area contributed by atoms with Gasteiger partial charge in [0.1, 0.15) is 0 Å². The highest BCUT2D eigenvalue weighted by Crippen LogP contribution is 2.26. The summed E-state index contributed by atoms with van der Waals surface area (Å²) in [6.07, 6.45) is 0. The first-order valence-corrected chi connectivity index (χ1v) is 7.55. The summed E-state index contributed by atoms with van der Waals surface area (Å²) in [6, 6.07) is 4.01. The number of nitrogens with zero attached hydrogens (tertiary/aromatic N) is 2. The Hall–Kier alpha value is -1.93. The minimum absolute atomic E-state index is 0.0512. The lowest BCUT2D eigenvalue weighted by atomic mass is 10.1. The second-order valence-corrected chi connectivity index (χ2v) is 6.80. The summed E-state index contributed by atoms with van der Waals surface area (Å²) >= 11 is 11.2. The highest BCUT2D eigenvalue weighted by Gasteiger charge is 2.17. The fourth-order valence-electron chi connectivity index (χ4n) is 1.68. The van der Waals surface area contributed by atoms with Crippen molar-refractivity contribution in [3.05, 3.63) is 33.3 Å². The van der Waals surface area contributed by atoms with E-state index in [1.165, 1.54) is 23.1 Å². The van der Waals surface area contributed by atoms with Gasteiger partial charge in [-0.1, -0.05) is 11.6 Å². The minimum atomic E-state index is -0.523. The van der Waals surface area contributed by atoms with Crippen LogP contribution in [-0.4, -0.2) is 40.0 Å². The molecule has 2 N–H and O–H groups in total. The van der Waals surface area contributed by atoms with Crippen molar-refractivity contribution >= 4 is 46.2 Å². The van der Waals surface area contributed by atoms with Crippen LogP contribution >= 0.6 is 23.8 Å². The number of thiocarbonyl (C=S) groups is 1. The van der Waals surface area contributed by atoms with Crippen LogP contribution in [0.2, 0.25) is 5.02 Å². The fraction of sp³-hybridized carbons (Fsp3) is 0.429. The van der Waals surface area contributed by atoms with Gasteiger partial charge in [0.2, 0.25) is 5.91 Å². The predicted molar refractivity (Wildman–Crippen MR) is 94.9 cm³/mol. The second-order valence-electron chi connectivity index (χ2n) is 6.01. The largest absolute Gasteiger partial charge is 0.350 e. The highest BCUT2D eigenvalue weighted by atomic mass is 35.5. The third kappa shape index (κ3) is 6.37. The predicted octanol–water partition coefficient (Wildman–Crippen LogP) is 2.79. The van der Waals surface area contributed by atoms with Crippen LogP contribution in [0, 0.1) is 10.1 Å². The number of non-ortho nitro benzene ring substituents is 1. The molecule has 0 saturated heterocycles. The molecule has 0 aliphatic carbocycles. The molecule has 0 aliphatic rings. The van der Waals surface area contributed by atoms with Crippen LogP contribution in [-0.2, 0) is 4.79 Å². The van der Waals surface area contributed by atoms with E-state index in [1.807, 2.05) is 20.8 Å². The maximum Gasteiger partial charge on any atom is 0.271 e. The zero-order chi connectivity index (χ0) is 17.8. The SMILES string of the molecule is CN(CC(=O)NC(C)(C)C)C(=S)Nc1cc([N+](=O)[O-])ccc1Cl. The number of nitro groups is 1. The first kappa shape index (κ1) is 19.1. The molecule has 0 radical (unpaired) electrons. The van der Waals surface area contributed by atoms with Crippen molar-refractivity contribution in [3.8, 4) is 0 Å². The minimum Gasteiger partial charge on any atom is -0.350 e. The van der Waals surface area contributed by atoms with Gasteiger partial charge < -0.3 is 15.5 Å². The Labute approximate surface area is 145 Å². The number of likely N-dealkylation sites (N-methyl/N-ethyl adjacent to an activating group) is 1. The van der Waals surface area contributed by atoms with Crippen LogP contribution in [0.4, 0.5) is 11.4 Å². The Kier molecular flexibility index (Phi) is 6.28. The summed E-state index contributed by atoms with van der Waals surface area (Å²) in [5, 5.41) is 17.0. The number of rotatable bonds is 4. The van der Waals surface area contributed by atoms with Crippen molar-refractivity contribution in [2.24, 2.45) is 0 Å². The van der Waals surface area contributed by atoms with Crippen molar-refractivity contribution in [1.29, 1.82) is 0 Å². The molecule has 1 aromatic carbocycles. The van der Waals surface area contributed by atoms with E-state index in [1.54, 1.807) is 7.05 Å². The number of halogens is 1. The van der Waals surface area contributed by atoms with Gasteiger partial charge in [0, 0.05) is 24.7 Å². The highest BCUT2D eigenvalue weighted by molar-refractivity contribution is 7.80. The van der Waals surface area contributed by atoms with Crippen LogP contribution in [0.1, 0.15) is 20.8 Å². The first-order valence-electron chi connectivity index (χ1n) is 6.76. The summed E-state index contributed by atoms with van der Waals surface area (Å²) in [7, 11) is 1.64. The van der Waals surface area contributed by atoms with Crippen molar-refractivity contribution < 1.29 is 9.72 Å². The summed E-state index contributed by atoms with van der Waals surface area (Å²) in [6.45, 7) is 5.69. The number of carbonyl (C=O) groups is 1. The summed E-state index contributed by atoms with van der Waals surface area (Å²) in [5.74, 6) is -0.186. The van der Waals surface area contributed by atoms with Gasteiger partial charge in [0.15, 0.2) is 5.11 Å². The Bertz CT molecular complexity index is 631. The molecule has 0 atom stereocenters. The molecule has 126 valence electrons. The molecule has 0 saturated carbocycles. The molecular formula is C14H19ClN4O3S. The van der Waals surface area contributed by atoms with Crippen LogP contribution < -0.4 is 10.6 Å². The van der Waals surface area contributed by atoms with Gasteiger partial charge in [-0.15, -0.1) is 0 Å². The van der Waals surface area contributed by atoms with Crippen LogP contribution in [0.15, 0.2) is 18.2 Å². The van der Waals surface area contributed by atoms with Crippen molar-refractivity contribution in [2.45, 2.75) is 26.3 Å². The van der Waals surface area contributed by atoms with Gasteiger partial charge >= 0.3 is 0 Å². The van der Waals surface area contributed by atoms with Gasteiger partial charge in [-0.2, -0.15) is 0 Å². The van der Waals surface area contributed by atoms with Crippen LogP contribution in [0.25, 0.3) is 0 Å². The average molecular weight is 359 g/mol. The van der Waals surface area contributed by atoms with Gasteiger partial charge in [0.25, 0.3) is 5.69 Å². The summed E-state index contributed by atoms with van der Waals surface area (Å²) in [4.78, 5) is 23.7. The molecule has 0 aromatic heterocycles. The average Bonchev–Trinajstić information content (AvgIpc) is 2.38. The van der Waals surface area contributed by atoms with E-state index in [9.17, 15) is 14.9 Å². The van der Waals surface area contributed by atoms with Crippen LogP contribution in [0.3, 0.4) is 0 Å². The summed E-state index contributed by atoms with van der Waals surface area (Å²) in [5.41, 5.74) is -0.127. The van der Waals surface area contributed by atoms with Crippen molar-refractivity contribution in [1.82, 2.24) is 10.2 Å². The molecule has 1 aromatic rings. The number of hydrogen-bond acceptors (Lipinski definition) is 4. The number of amides is 1. The first-order chi connectivity index (χ1) is 10.5. The third-order valence-corrected chi connectivity index (χ3v) is 3.39. The van der Waals surface area contributed by atoms with E-state index in [4.69, 9.17) is 23.8 Å². The smallest absolute Gasteiger partial charge is 0.271 e. The Balaban J connectivity index is 2.74. The Morgan fingerprint density at radius 2 is 2.04 bits per heavy atom. The Morgan fingerprint density at radius 1 is 1.43 bits per heavy atom. The number of benzene rings is 1. The van der Waals surface area contributed by atoms with E-state index < -0.39 is 4.92 Å². The molecule has 0 spiro atoms. The van der Waals surface area contributed by atoms with Gasteiger partial charge in [0.05, 0.1) is 22.2 Å². The zero-order valence-electron chi connectivity index (χ0n) is 13.3. The van der Waals surface area contributed by atoms with Crippen LogP contribution in [0.5, 0.6) is 0 Å². The normalized spacial score (nSPS) is 10.8. The maximum atomic E-state index is 11.9. The zero-order valence-corrected chi connectivity index (χ0v) is 14.9. The molecular weight excluding hydrogens is 340 g/mol. The number of nitrogens with one attached hydrogen (secondary N) is 2. The lowest BCUT2D eigenvalue weighted by molar-refractivity contribution is -0.384. The lowest BCUT2D eigenvalue weighted by Gasteiger charge is -2.25. The number of hydrogen-bond donors (Lipinski definition) is 2. The van der Waals surface area contributed by atoms with E-state index in [0.717, 1.165) is 0 Å². The lowest BCUT2D eigenvalue weighted by Crippen LogP contribution is -2.47. The monoisotopic (exact) mass is 358 g/mol. The molecule has 1 rings (SSSR count). The molecule has 1 amide bonds. The summed E-state index contributed by atoms with van der Waals surface area (Å²) < 4.78 is 0.